The smallest absolute Gasteiger partial charge is 0.267 e. The summed E-state index contributed by atoms with van der Waals surface area (Å²) in [5.41, 5.74) is 0.793. The summed E-state index contributed by atoms with van der Waals surface area (Å²) in [4.78, 5) is 25.0. The molecule has 0 unspecified atom stereocenters. The topological polar surface area (TPSA) is 76.3 Å². The van der Waals surface area contributed by atoms with Gasteiger partial charge in [0.15, 0.2) is 5.69 Å². The molecule has 0 aliphatic carbocycles. The van der Waals surface area contributed by atoms with Crippen LogP contribution in [0, 0.1) is 0 Å². The molecular formula is C20H17F3N4O2. The van der Waals surface area contributed by atoms with Crippen molar-refractivity contribution >= 4 is 22.9 Å². The van der Waals surface area contributed by atoms with E-state index in [-0.39, 0.29) is 16.8 Å². The third-order valence-electron chi connectivity index (χ3n) is 4.15. The van der Waals surface area contributed by atoms with Gasteiger partial charge in [0.05, 0.1) is 17.2 Å². The molecule has 0 atom stereocenters. The number of aromatic nitrogens is 2. The van der Waals surface area contributed by atoms with Crippen molar-refractivity contribution in [1.29, 1.82) is 0 Å². The van der Waals surface area contributed by atoms with Crippen molar-refractivity contribution in [2.24, 2.45) is 5.10 Å². The molecule has 0 spiro atoms. The number of carbonyl (C=O) groups excluding carboxylic acids is 1. The number of carbonyl (C=O) groups is 1. The van der Waals surface area contributed by atoms with Crippen LogP contribution >= 0.6 is 0 Å². The second-order valence-electron chi connectivity index (χ2n) is 6.21. The molecule has 0 bridgehead atoms. The van der Waals surface area contributed by atoms with E-state index in [2.05, 4.69) is 15.6 Å². The summed E-state index contributed by atoms with van der Waals surface area (Å²) in [6, 6.07) is 11.4. The van der Waals surface area contributed by atoms with Crippen LogP contribution in [0.25, 0.3) is 10.8 Å². The van der Waals surface area contributed by atoms with Crippen molar-refractivity contribution in [3.8, 4) is 0 Å². The summed E-state index contributed by atoms with van der Waals surface area (Å²) in [5, 5.41) is 8.42. The molecule has 6 nitrogen and oxygen atoms in total. The standard InChI is InChI=1S/C20H17F3N4O2/c1-2-11-27-19(29)15-9-5-4-8-14(15)17(26-27)18(28)25-24-12-13-7-3-6-10-16(13)20(21,22)23/h3-10,12H,2,11H2,1H3,(H,25,28)/b24-12-. The van der Waals surface area contributed by atoms with Gasteiger partial charge in [-0.3, -0.25) is 9.59 Å². The molecule has 0 aliphatic heterocycles. The van der Waals surface area contributed by atoms with Gasteiger partial charge >= 0.3 is 6.18 Å². The maximum Gasteiger partial charge on any atom is 0.417 e. The van der Waals surface area contributed by atoms with Gasteiger partial charge in [-0.2, -0.15) is 23.4 Å². The van der Waals surface area contributed by atoms with Gasteiger partial charge in [0.2, 0.25) is 0 Å². The zero-order valence-electron chi connectivity index (χ0n) is 15.4. The summed E-state index contributed by atoms with van der Waals surface area (Å²) in [5.74, 6) is -0.730. The maximum atomic E-state index is 13.0. The van der Waals surface area contributed by atoms with Crippen molar-refractivity contribution in [3.63, 3.8) is 0 Å². The number of hydrogen-bond donors (Lipinski definition) is 1. The highest BCUT2D eigenvalue weighted by Crippen LogP contribution is 2.31. The Balaban J connectivity index is 1.93. The van der Waals surface area contributed by atoms with Gasteiger partial charge in [0, 0.05) is 17.5 Å². The van der Waals surface area contributed by atoms with Crippen molar-refractivity contribution in [2.45, 2.75) is 26.1 Å². The molecule has 3 rings (SSSR count). The van der Waals surface area contributed by atoms with E-state index in [1.54, 1.807) is 24.3 Å². The zero-order valence-corrected chi connectivity index (χ0v) is 15.4. The lowest BCUT2D eigenvalue weighted by atomic mass is 10.1. The predicted molar refractivity (Wildman–Crippen MR) is 103 cm³/mol. The Bertz CT molecular complexity index is 1140. The van der Waals surface area contributed by atoms with E-state index >= 15 is 0 Å². The van der Waals surface area contributed by atoms with Crippen LogP contribution in [0.15, 0.2) is 58.4 Å². The van der Waals surface area contributed by atoms with Gasteiger partial charge in [-0.1, -0.05) is 43.3 Å². The first-order chi connectivity index (χ1) is 13.8. The number of halogens is 3. The van der Waals surface area contributed by atoms with Gasteiger partial charge in [-0.25, -0.2) is 10.1 Å². The minimum atomic E-state index is -4.54. The van der Waals surface area contributed by atoms with Gasteiger partial charge in [0.25, 0.3) is 11.5 Å². The monoisotopic (exact) mass is 402 g/mol. The molecule has 0 fully saturated rings. The van der Waals surface area contributed by atoms with E-state index in [1.807, 2.05) is 6.92 Å². The molecule has 1 heterocycles. The number of nitrogens with zero attached hydrogens (tertiary/aromatic N) is 3. The van der Waals surface area contributed by atoms with Crippen molar-refractivity contribution < 1.29 is 18.0 Å². The maximum absolute atomic E-state index is 13.0. The van der Waals surface area contributed by atoms with Gasteiger partial charge in [0.1, 0.15) is 0 Å². The number of hydrazone groups is 1. The van der Waals surface area contributed by atoms with Crippen LogP contribution in [0.1, 0.15) is 35.0 Å². The quantitative estimate of drug-likeness (QED) is 0.523. The molecule has 0 saturated heterocycles. The Morgan fingerprint density at radius 3 is 2.48 bits per heavy atom. The van der Waals surface area contributed by atoms with Gasteiger partial charge in [-0.05, 0) is 18.6 Å². The van der Waals surface area contributed by atoms with Crippen LogP contribution in [-0.4, -0.2) is 21.9 Å². The van der Waals surface area contributed by atoms with E-state index in [9.17, 15) is 22.8 Å². The fourth-order valence-electron chi connectivity index (χ4n) is 2.85. The number of rotatable bonds is 5. The second kappa shape index (κ2) is 8.26. The molecule has 0 saturated carbocycles. The second-order valence-corrected chi connectivity index (χ2v) is 6.21. The highest BCUT2D eigenvalue weighted by molar-refractivity contribution is 6.05. The SMILES string of the molecule is CCCn1nc(C(=O)N/N=C\c2ccccc2C(F)(F)F)c2ccccc2c1=O. The number of alkyl halides is 3. The van der Waals surface area contributed by atoms with Crippen molar-refractivity contribution in [2.75, 3.05) is 0 Å². The number of aryl methyl sites for hydroxylation is 1. The number of benzene rings is 2. The molecule has 3 aromatic rings. The predicted octanol–water partition coefficient (Wildman–Crippen LogP) is 3.59. The van der Waals surface area contributed by atoms with Crippen LogP contribution < -0.4 is 11.0 Å². The van der Waals surface area contributed by atoms with Crippen molar-refractivity contribution in [1.82, 2.24) is 15.2 Å². The molecule has 1 amide bonds. The number of nitrogens with one attached hydrogen (secondary N) is 1. The Kier molecular flexibility index (Phi) is 5.76. The zero-order chi connectivity index (χ0) is 21.0. The molecule has 29 heavy (non-hydrogen) atoms. The van der Waals surface area contributed by atoms with Crippen molar-refractivity contribution in [3.05, 3.63) is 75.7 Å². The molecule has 0 radical (unpaired) electrons. The first kappa shape index (κ1) is 20.2. The lowest BCUT2D eigenvalue weighted by Crippen LogP contribution is -2.29. The Hall–Kier alpha value is -3.49. The van der Waals surface area contributed by atoms with Crippen LogP contribution in [0.5, 0.6) is 0 Å². The Morgan fingerprint density at radius 2 is 1.79 bits per heavy atom. The first-order valence-electron chi connectivity index (χ1n) is 8.82. The highest BCUT2D eigenvalue weighted by atomic mass is 19.4. The third kappa shape index (κ3) is 4.34. The minimum Gasteiger partial charge on any atom is -0.267 e. The summed E-state index contributed by atoms with van der Waals surface area (Å²) < 4.78 is 40.3. The summed E-state index contributed by atoms with van der Waals surface area (Å²) in [6.07, 6.45) is -2.98. The fraction of sp³-hybridized carbons (Fsp3) is 0.200. The van der Waals surface area contributed by atoms with Crippen LogP contribution in [0.4, 0.5) is 13.2 Å². The van der Waals surface area contributed by atoms with E-state index in [0.29, 0.717) is 23.7 Å². The van der Waals surface area contributed by atoms with Gasteiger partial charge < -0.3 is 0 Å². The van der Waals surface area contributed by atoms with E-state index in [1.165, 1.54) is 22.9 Å². The summed E-state index contributed by atoms with van der Waals surface area (Å²) in [6.45, 7) is 2.19. The lowest BCUT2D eigenvalue weighted by Gasteiger charge is -2.10. The first-order valence-corrected chi connectivity index (χ1v) is 8.82. The highest BCUT2D eigenvalue weighted by Gasteiger charge is 2.32. The average molecular weight is 402 g/mol. The molecule has 1 N–H and O–H groups in total. The third-order valence-corrected chi connectivity index (χ3v) is 4.15. The lowest BCUT2D eigenvalue weighted by molar-refractivity contribution is -0.137. The van der Waals surface area contributed by atoms with Crippen LogP contribution in [-0.2, 0) is 12.7 Å². The molecule has 0 aliphatic rings. The minimum absolute atomic E-state index is 0.0325. The number of hydrogen-bond acceptors (Lipinski definition) is 4. The Morgan fingerprint density at radius 1 is 1.14 bits per heavy atom. The van der Waals surface area contributed by atoms with Crippen LogP contribution in [0.3, 0.4) is 0 Å². The fourth-order valence-corrected chi connectivity index (χ4v) is 2.85. The molecule has 150 valence electrons. The number of fused-ring (bicyclic) bond motifs is 1. The molecule has 1 aromatic heterocycles. The Labute approximate surface area is 163 Å². The van der Waals surface area contributed by atoms with E-state index in [4.69, 9.17) is 0 Å². The van der Waals surface area contributed by atoms with Gasteiger partial charge in [-0.15, -0.1) is 0 Å². The average Bonchev–Trinajstić information content (AvgIpc) is 2.70. The molecular weight excluding hydrogens is 385 g/mol. The van der Waals surface area contributed by atoms with E-state index < -0.39 is 17.6 Å². The molecule has 9 heteroatoms. The van der Waals surface area contributed by atoms with E-state index in [0.717, 1.165) is 12.3 Å². The summed E-state index contributed by atoms with van der Waals surface area (Å²) in [7, 11) is 0. The molecule has 2 aromatic carbocycles. The normalized spacial score (nSPS) is 11.9. The summed E-state index contributed by atoms with van der Waals surface area (Å²) >= 11 is 0. The largest absolute Gasteiger partial charge is 0.417 e. The van der Waals surface area contributed by atoms with Crippen LogP contribution in [0.2, 0.25) is 0 Å². The number of amides is 1.